The lowest BCUT2D eigenvalue weighted by Crippen LogP contribution is -2.50. The first-order valence-corrected chi connectivity index (χ1v) is 9.15. The number of amides is 1. The second-order valence-corrected chi connectivity index (χ2v) is 7.11. The molecule has 0 saturated carbocycles. The minimum absolute atomic E-state index is 0.263. The van der Waals surface area contributed by atoms with Gasteiger partial charge in [0, 0.05) is 31.7 Å². The molecule has 0 radical (unpaired) electrons. The highest BCUT2D eigenvalue weighted by Crippen LogP contribution is 2.41. The van der Waals surface area contributed by atoms with Gasteiger partial charge < -0.3 is 14.3 Å². The molecule has 132 valence electrons. The zero-order valence-corrected chi connectivity index (χ0v) is 14.6. The van der Waals surface area contributed by atoms with Gasteiger partial charge in [-0.15, -0.1) is 0 Å². The molecule has 2 aliphatic rings. The molecule has 1 spiro atoms. The van der Waals surface area contributed by atoms with Gasteiger partial charge in [-0.3, -0.25) is 4.79 Å². The summed E-state index contributed by atoms with van der Waals surface area (Å²) in [7, 11) is 0. The second kappa shape index (κ2) is 6.50. The number of carbonyl (C=O) groups is 1. The van der Waals surface area contributed by atoms with Crippen LogP contribution in [0, 0.1) is 5.41 Å². The molecule has 1 aromatic carbocycles. The topological polar surface area (TPSA) is 62.5 Å². The van der Waals surface area contributed by atoms with Crippen LogP contribution in [0.2, 0.25) is 0 Å². The van der Waals surface area contributed by atoms with Crippen molar-refractivity contribution in [3.8, 4) is 11.5 Å². The van der Waals surface area contributed by atoms with Gasteiger partial charge >= 0.3 is 0 Å². The Balaban J connectivity index is 1.51. The van der Waals surface area contributed by atoms with Crippen molar-refractivity contribution in [2.24, 2.45) is 5.41 Å². The van der Waals surface area contributed by atoms with Crippen LogP contribution in [0.3, 0.4) is 0 Å². The molecular formula is C19H24N4O2. The number of piperidine rings is 1. The quantitative estimate of drug-likeness (QED) is 0.856. The van der Waals surface area contributed by atoms with Crippen LogP contribution in [0.25, 0.3) is 11.5 Å². The van der Waals surface area contributed by atoms with Crippen molar-refractivity contribution in [2.75, 3.05) is 31.1 Å². The number of benzene rings is 1. The van der Waals surface area contributed by atoms with Crippen LogP contribution < -0.4 is 4.90 Å². The number of likely N-dealkylation sites (tertiary alicyclic amines) is 1. The number of hydrogen-bond donors (Lipinski definition) is 0. The minimum atomic E-state index is -0.263. The van der Waals surface area contributed by atoms with E-state index in [4.69, 9.17) is 4.52 Å². The Morgan fingerprint density at radius 2 is 2.04 bits per heavy atom. The third kappa shape index (κ3) is 2.90. The van der Waals surface area contributed by atoms with E-state index in [-0.39, 0.29) is 5.41 Å². The molecule has 1 aromatic heterocycles. The number of aromatic nitrogens is 2. The molecule has 2 aromatic rings. The number of hydrogen-bond acceptors (Lipinski definition) is 5. The average Bonchev–Trinajstić information content (AvgIpc) is 3.28. The minimum Gasteiger partial charge on any atom is -0.342 e. The Hall–Kier alpha value is -2.37. The fourth-order valence-electron chi connectivity index (χ4n) is 4.10. The smallest absolute Gasteiger partial charge is 0.266 e. The highest BCUT2D eigenvalue weighted by atomic mass is 16.5. The van der Waals surface area contributed by atoms with Gasteiger partial charge in [0.1, 0.15) is 0 Å². The van der Waals surface area contributed by atoms with Crippen LogP contribution in [0.15, 0.2) is 34.9 Å². The fraction of sp³-hybridized carbons (Fsp3) is 0.526. The van der Waals surface area contributed by atoms with E-state index < -0.39 is 0 Å². The number of nitrogens with zero attached hydrogens (tertiary/aromatic N) is 4. The highest BCUT2D eigenvalue weighted by Gasteiger charge is 2.48. The summed E-state index contributed by atoms with van der Waals surface area (Å²) in [5, 5.41) is 4.15. The van der Waals surface area contributed by atoms with E-state index in [2.05, 4.69) is 22.0 Å². The predicted octanol–water partition coefficient (Wildman–Crippen LogP) is 2.97. The van der Waals surface area contributed by atoms with Crippen LogP contribution >= 0.6 is 0 Å². The molecule has 25 heavy (non-hydrogen) atoms. The lowest BCUT2D eigenvalue weighted by Gasteiger charge is -2.39. The van der Waals surface area contributed by atoms with Crippen LogP contribution in [0.5, 0.6) is 0 Å². The normalized spacial score (nSPS) is 23.6. The third-order valence-electron chi connectivity index (χ3n) is 5.39. The van der Waals surface area contributed by atoms with Crippen molar-refractivity contribution in [3.63, 3.8) is 0 Å². The molecule has 0 N–H and O–H groups in total. The molecule has 2 aliphatic heterocycles. The summed E-state index contributed by atoms with van der Waals surface area (Å²) in [5.74, 6) is 1.44. The highest BCUT2D eigenvalue weighted by molar-refractivity contribution is 5.85. The first-order chi connectivity index (χ1) is 12.2. The standard InChI is InChI=1S/C19H24N4O2/c1-2-11-22-12-6-9-19(17(22)24)10-13-23(14-19)18-20-16(25-21-18)15-7-4-3-5-8-15/h3-5,7-8H,2,6,9-14H2,1H3/t19-/m1/s1. The van der Waals surface area contributed by atoms with E-state index in [9.17, 15) is 4.79 Å². The maximum absolute atomic E-state index is 13.0. The Bertz CT molecular complexity index is 743. The van der Waals surface area contributed by atoms with Gasteiger partial charge in [-0.25, -0.2) is 0 Å². The molecule has 6 nitrogen and oxygen atoms in total. The summed E-state index contributed by atoms with van der Waals surface area (Å²) >= 11 is 0. The summed E-state index contributed by atoms with van der Waals surface area (Å²) in [6.45, 7) is 5.38. The number of carbonyl (C=O) groups excluding carboxylic acids is 1. The zero-order chi connectivity index (χ0) is 17.3. The zero-order valence-electron chi connectivity index (χ0n) is 14.6. The van der Waals surface area contributed by atoms with Gasteiger partial charge in [0.25, 0.3) is 11.8 Å². The molecule has 2 fully saturated rings. The summed E-state index contributed by atoms with van der Waals surface area (Å²) < 4.78 is 5.43. The summed E-state index contributed by atoms with van der Waals surface area (Å²) in [6, 6.07) is 9.77. The first kappa shape index (κ1) is 16.1. The third-order valence-corrected chi connectivity index (χ3v) is 5.39. The van der Waals surface area contributed by atoms with Gasteiger partial charge in [-0.05, 0) is 43.0 Å². The first-order valence-electron chi connectivity index (χ1n) is 9.15. The van der Waals surface area contributed by atoms with Crippen LogP contribution in [-0.2, 0) is 4.79 Å². The lowest BCUT2D eigenvalue weighted by atomic mass is 9.78. The van der Waals surface area contributed by atoms with Gasteiger partial charge in [0.05, 0.1) is 5.41 Å². The summed E-state index contributed by atoms with van der Waals surface area (Å²) in [5.41, 5.74) is 0.652. The van der Waals surface area contributed by atoms with Crippen molar-refractivity contribution in [1.82, 2.24) is 15.0 Å². The molecule has 1 atom stereocenters. The van der Waals surface area contributed by atoms with E-state index in [1.807, 2.05) is 35.2 Å². The molecule has 2 saturated heterocycles. The molecule has 6 heteroatoms. The maximum atomic E-state index is 13.0. The van der Waals surface area contributed by atoms with E-state index in [1.165, 1.54) is 0 Å². The Morgan fingerprint density at radius 1 is 1.20 bits per heavy atom. The predicted molar refractivity (Wildman–Crippen MR) is 95.1 cm³/mol. The van der Waals surface area contributed by atoms with Crippen molar-refractivity contribution in [2.45, 2.75) is 32.6 Å². The van der Waals surface area contributed by atoms with Gasteiger partial charge in [-0.2, -0.15) is 4.98 Å². The van der Waals surface area contributed by atoms with Crippen LogP contribution in [0.4, 0.5) is 5.95 Å². The Labute approximate surface area is 147 Å². The van der Waals surface area contributed by atoms with Crippen molar-refractivity contribution in [1.29, 1.82) is 0 Å². The maximum Gasteiger partial charge on any atom is 0.266 e. The summed E-state index contributed by atoms with van der Waals surface area (Å²) in [6.07, 6.45) is 3.94. The summed E-state index contributed by atoms with van der Waals surface area (Å²) in [4.78, 5) is 21.7. The van der Waals surface area contributed by atoms with Crippen molar-refractivity contribution in [3.05, 3.63) is 30.3 Å². The van der Waals surface area contributed by atoms with Gasteiger partial charge in [0.2, 0.25) is 5.91 Å². The molecular weight excluding hydrogens is 316 g/mol. The Morgan fingerprint density at radius 3 is 2.84 bits per heavy atom. The van der Waals surface area contributed by atoms with Gasteiger partial charge in [-0.1, -0.05) is 25.1 Å². The largest absolute Gasteiger partial charge is 0.342 e. The SMILES string of the molecule is CCCN1CCC[C@]2(CCN(c3noc(-c4ccccc4)n3)C2)C1=O. The van der Waals surface area contributed by atoms with Crippen LogP contribution in [-0.4, -0.2) is 47.1 Å². The number of anilines is 1. The van der Waals surface area contributed by atoms with E-state index in [1.54, 1.807) is 0 Å². The van der Waals surface area contributed by atoms with E-state index in [0.717, 1.165) is 50.9 Å². The second-order valence-electron chi connectivity index (χ2n) is 7.11. The lowest BCUT2D eigenvalue weighted by molar-refractivity contribution is -0.145. The number of rotatable bonds is 4. The molecule has 0 unspecified atom stereocenters. The molecule has 3 heterocycles. The molecule has 4 rings (SSSR count). The monoisotopic (exact) mass is 340 g/mol. The van der Waals surface area contributed by atoms with E-state index in [0.29, 0.717) is 24.3 Å². The Kier molecular flexibility index (Phi) is 4.19. The molecule has 0 bridgehead atoms. The van der Waals surface area contributed by atoms with Gasteiger partial charge in [0.15, 0.2) is 0 Å². The van der Waals surface area contributed by atoms with Crippen molar-refractivity contribution >= 4 is 11.9 Å². The molecule has 1 amide bonds. The fourth-order valence-corrected chi connectivity index (χ4v) is 4.10. The van der Waals surface area contributed by atoms with Crippen LogP contribution in [0.1, 0.15) is 32.6 Å². The average molecular weight is 340 g/mol. The van der Waals surface area contributed by atoms with Crippen molar-refractivity contribution < 1.29 is 9.32 Å². The molecule has 0 aliphatic carbocycles. The van der Waals surface area contributed by atoms with E-state index >= 15 is 0 Å².